The summed E-state index contributed by atoms with van der Waals surface area (Å²) < 4.78 is 0. The van der Waals surface area contributed by atoms with Gasteiger partial charge in [0.25, 0.3) is 22.2 Å². The van der Waals surface area contributed by atoms with Crippen LogP contribution in [0.25, 0.3) is 0 Å². The van der Waals surface area contributed by atoms with E-state index in [0.29, 0.717) is 0 Å². The van der Waals surface area contributed by atoms with E-state index in [4.69, 9.17) is 20.4 Å². The predicted octanol–water partition coefficient (Wildman–Crippen LogP) is -4.96. The second-order valence-corrected chi connectivity index (χ2v) is 7.23. The summed E-state index contributed by atoms with van der Waals surface area (Å²) in [5.74, 6) is -5.36. The number of nitrogens with one attached hydrogen (secondary N) is 8. The van der Waals surface area contributed by atoms with E-state index < -0.39 is 91.6 Å². The summed E-state index contributed by atoms with van der Waals surface area (Å²) in [6.45, 7) is 0. The maximum Gasteiger partial charge on any atom is 0.352 e. The molecular formula is C20H16N8O16Zn2. The number of hydrogen-bond acceptors (Lipinski definition) is 12. The van der Waals surface area contributed by atoms with Gasteiger partial charge < -0.3 is 40.4 Å². The number of carboxylic acids is 4. The molecular weight excluding hydrogens is 739 g/mol. The molecule has 0 bridgehead atoms. The summed E-state index contributed by atoms with van der Waals surface area (Å²) in [5.41, 5.74) is -7.89. The number of aromatic amines is 8. The molecule has 24 nitrogen and oxygen atoms in total. The van der Waals surface area contributed by atoms with Gasteiger partial charge in [0.15, 0.2) is 0 Å². The van der Waals surface area contributed by atoms with E-state index in [-0.39, 0.29) is 39.0 Å². The topological polar surface area (TPSA) is 412 Å². The molecule has 0 fully saturated rings. The number of carbonyl (C=O) groups is 4. The quantitative estimate of drug-likeness (QED) is 0.0868. The van der Waals surface area contributed by atoms with Crippen LogP contribution in [0.5, 0.6) is 0 Å². The zero-order chi connectivity index (χ0) is 33.7. The molecule has 0 aliphatic rings. The second-order valence-electron chi connectivity index (χ2n) is 7.23. The Morgan fingerprint density at radius 2 is 0.500 bits per heavy atom. The second kappa shape index (κ2) is 19.2. The van der Waals surface area contributed by atoms with Crippen molar-refractivity contribution in [1.82, 2.24) is 39.9 Å². The first-order chi connectivity index (χ1) is 20.4. The third kappa shape index (κ3) is 15.4. The number of H-pyrrole nitrogens is 8. The number of hydrogen-bond donors (Lipinski definition) is 12. The maximum absolute atomic E-state index is 10.5. The summed E-state index contributed by atoms with van der Waals surface area (Å²) in [6.07, 6.45) is 0. The standard InChI is InChI=1S/4C5H4N2O4.2Zn/c4*8-3-1-2(4(9)10)6-5(11)7-3;;/h4*1H,(H,9,10)(H2,6,7,8,11);;. The predicted molar refractivity (Wildman–Crippen MR) is 139 cm³/mol. The summed E-state index contributed by atoms with van der Waals surface area (Å²) in [6, 6.07) is 3.18. The molecule has 0 amide bonds. The Balaban J connectivity index is 0. The Bertz CT molecular complexity index is 1760. The molecule has 0 aliphatic carbocycles. The fraction of sp³-hybridized carbons (Fsp3) is 0. The first-order valence-electron chi connectivity index (χ1n) is 10.7. The van der Waals surface area contributed by atoms with Crippen molar-refractivity contribution in [3.63, 3.8) is 0 Å². The van der Waals surface area contributed by atoms with Crippen molar-refractivity contribution in [3.8, 4) is 0 Å². The molecule has 4 rings (SSSR count). The van der Waals surface area contributed by atoms with Gasteiger partial charge in [-0.05, 0) is 0 Å². The number of carboxylic acid groups (broad SMARTS) is 4. The molecule has 236 valence electrons. The molecule has 26 heteroatoms. The molecule has 0 atom stereocenters. The minimum Gasteiger partial charge on any atom is -0.477 e. The number of rotatable bonds is 4. The van der Waals surface area contributed by atoms with E-state index in [0.717, 1.165) is 24.3 Å². The zero-order valence-corrected chi connectivity index (χ0v) is 28.3. The van der Waals surface area contributed by atoms with Gasteiger partial charge in [0.05, 0.1) is 0 Å². The largest absolute Gasteiger partial charge is 0.477 e. The van der Waals surface area contributed by atoms with Gasteiger partial charge in [-0.25, -0.2) is 38.4 Å². The normalized spacial score (nSPS) is 9.04. The monoisotopic (exact) mass is 752 g/mol. The molecule has 0 unspecified atom stereocenters. The Labute approximate surface area is 272 Å². The van der Waals surface area contributed by atoms with Gasteiger partial charge in [-0.2, -0.15) is 0 Å². The third-order valence-corrected chi connectivity index (χ3v) is 3.96. The number of aromatic carboxylic acids is 4. The fourth-order valence-electron chi connectivity index (χ4n) is 2.34. The van der Waals surface area contributed by atoms with Crippen molar-refractivity contribution < 1.29 is 78.6 Å². The molecule has 0 radical (unpaired) electrons. The van der Waals surface area contributed by atoms with E-state index in [2.05, 4.69) is 0 Å². The molecule has 4 aromatic heterocycles. The summed E-state index contributed by atoms with van der Waals surface area (Å²) >= 11 is 0. The van der Waals surface area contributed by atoms with Crippen LogP contribution in [0, 0.1) is 0 Å². The van der Waals surface area contributed by atoms with Crippen LogP contribution in [-0.2, 0) is 39.0 Å². The Morgan fingerprint density at radius 3 is 0.609 bits per heavy atom. The molecule has 12 N–H and O–H groups in total. The van der Waals surface area contributed by atoms with E-state index in [1.54, 1.807) is 0 Å². The van der Waals surface area contributed by atoms with E-state index in [9.17, 15) is 57.5 Å². The van der Waals surface area contributed by atoms with Crippen LogP contribution in [0.3, 0.4) is 0 Å². The van der Waals surface area contributed by atoms with Crippen molar-refractivity contribution in [2.75, 3.05) is 0 Å². The van der Waals surface area contributed by atoms with Crippen molar-refractivity contribution in [2.24, 2.45) is 0 Å². The van der Waals surface area contributed by atoms with Gasteiger partial charge in [-0.1, -0.05) is 0 Å². The minimum atomic E-state index is -1.34. The van der Waals surface area contributed by atoms with Crippen LogP contribution in [0.1, 0.15) is 42.0 Å². The average molecular weight is 755 g/mol. The minimum absolute atomic E-state index is 0. The van der Waals surface area contributed by atoms with Gasteiger partial charge in [-0.15, -0.1) is 0 Å². The first-order valence-corrected chi connectivity index (χ1v) is 10.7. The van der Waals surface area contributed by atoms with Crippen LogP contribution >= 0.6 is 0 Å². The average Bonchev–Trinajstić information content (AvgIpc) is 2.87. The SMILES string of the molecule is O=C(O)c1cc(=O)[nH]c(=O)[nH]1.O=C(O)c1cc(=O)[nH]c(=O)[nH]1.O=C(O)c1cc(=O)[nH]c(=O)[nH]1.O=C(O)c1cc(=O)[nH]c(=O)[nH]1.[Zn].[Zn]. The molecule has 4 heterocycles. The zero-order valence-electron chi connectivity index (χ0n) is 22.4. The van der Waals surface area contributed by atoms with Crippen LogP contribution in [0.4, 0.5) is 0 Å². The molecule has 0 aliphatic heterocycles. The molecule has 0 saturated carbocycles. The third-order valence-electron chi connectivity index (χ3n) is 3.96. The number of aromatic nitrogens is 8. The van der Waals surface area contributed by atoms with Crippen LogP contribution in [0.2, 0.25) is 0 Å². The van der Waals surface area contributed by atoms with Gasteiger partial charge >= 0.3 is 46.6 Å². The maximum atomic E-state index is 10.5. The Kier molecular flexibility index (Phi) is 17.5. The molecule has 0 spiro atoms. The van der Waals surface area contributed by atoms with Gasteiger partial charge in [0, 0.05) is 63.2 Å². The Morgan fingerprint density at radius 1 is 0.348 bits per heavy atom. The molecule has 0 saturated heterocycles. The first kappa shape index (κ1) is 42.0. The van der Waals surface area contributed by atoms with Crippen molar-refractivity contribution in [2.45, 2.75) is 0 Å². The fourth-order valence-corrected chi connectivity index (χ4v) is 2.34. The van der Waals surface area contributed by atoms with E-state index in [1.165, 1.54) is 0 Å². The van der Waals surface area contributed by atoms with Crippen LogP contribution in [0.15, 0.2) is 62.6 Å². The van der Waals surface area contributed by atoms with E-state index in [1.807, 2.05) is 39.9 Å². The van der Waals surface area contributed by atoms with Gasteiger partial charge in [0.2, 0.25) is 0 Å². The van der Waals surface area contributed by atoms with Gasteiger partial charge in [-0.3, -0.25) is 39.1 Å². The van der Waals surface area contributed by atoms with Crippen LogP contribution in [-0.4, -0.2) is 84.2 Å². The molecule has 4 aromatic rings. The molecule has 46 heavy (non-hydrogen) atoms. The summed E-state index contributed by atoms with van der Waals surface area (Å²) in [4.78, 5) is 139. The van der Waals surface area contributed by atoms with Crippen molar-refractivity contribution in [1.29, 1.82) is 0 Å². The van der Waals surface area contributed by atoms with Gasteiger partial charge in [0.1, 0.15) is 22.8 Å². The Hall–Kier alpha value is -6.15. The van der Waals surface area contributed by atoms with Crippen molar-refractivity contribution in [3.05, 3.63) is 130 Å². The summed E-state index contributed by atoms with van der Waals surface area (Å²) in [7, 11) is 0. The van der Waals surface area contributed by atoms with Crippen LogP contribution < -0.4 is 45.0 Å². The van der Waals surface area contributed by atoms with E-state index >= 15 is 0 Å². The smallest absolute Gasteiger partial charge is 0.352 e. The van der Waals surface area contributed by atoms with Crippen molar-refractivity contribution >= 4 is 23.9 Å². The molecule has 0 aromatic carbocycles. The summed E-state index contributed by atoms with van der Waals surface area (Å²) in [5, 5.41) is 33.2.